The van der Waals surface area contributed by atoms with Gasteiger partial charge in [-0.1, -0.05) is 0 Å². The Balaban J connectivity index is 1.46. The van der Waals surface area contributed by atoms with Crippen LogP contribution in [0.15, 0.2) is 67.1 Å². The number of carboxylic acid groups (broad SMARTS) is 1. The van der Waals surface area contributed by atoms with E-state index in [1.165, 1.54) is 0 Å². The van der Waals surface area contributed by atoms with E-state index in [2.05, 4.69) is 19.9 Å². The summed E-state index contributed by atoms with van der Waals surface area (Å²) in [5.74, 6) is 0.471. The summed E-state index contributed by atoms with van der Waals surface area (Å²) in [6, 6.07) is 15.3. The number of nitrogens with one attached hydrogen (secondary N) is 1. The minimum atomic E-state index is -0.947. The van der Waals surface area contributed by atoms with Crippen molar-refractivity contribution in [1.29, 1.82) is 0 Å². The van der Waals surface area contributed by atoms with Crippen LogP contribution in [0.5, 0.6) is 5.75 Å². The van der Waals surface area contributed by atoms with Crippen LogP contribution in [0.4, 0.5) is 0 Å². The Labute approximate surface area is 186 Å². The number of carboxylic acids is 1. The number of benzene rings is 1. The van der Waals surface area contributed by atoms with Gasteiger partial charge in [-0.3, -0.25) is 14.8 Å². The van der Waals surface area contributed by atoms with Gasteiger partial charge in [0.1, 0.15) is 18.2 Å². The number of hydrogen-bond acceptors (Lipinski definition) is 5. The number of carbonyl (C=O) groups is 1. The molecule has 0 saturated carbocycles. The van der Waals surface area contributed by atoms with Crippen LogP contribution in [0, 0.1) is 12.3 Å². The van der Waals surface area contributed by atoms with Crippen LogP contribution < -0.4 is 4.74 Å². The molecule has 7 heteroatoms. The number of aliphatic carboxylic acids is 1. The number of pyridine rings is 2. The minimum Gasteiger partial charge on any atom is -0.492 e. The minimum absolute atomic E-state index is 0.0956. The smallest absolute Gasteiger partial charge is 0.312 e. The van der Waals surface area contributed by atoms with E-state index in [0.29, 0.717) is 5.75 Å². The second kappa shape index (κ2) is 8.63. The molecular formula is C25H24N4O3. The summed E-state index contributed by atoms with van der Waals surface area (Å²) in [4.78, 5) is 27.9. The van der Waals surface area contributed by atoms with Crippen molar-refractivity contribution in [2.24, 2.45) is 5.41 Å². The topological polar surface area (TPSA) is 101 Å². The molecule has 3 heterocycles. The molecule has 0 radical (unpaired) electrons. The Bertz CT molecular complexity index is 1230. The van der Waals surface area contributed by atoms with Crippen LogP contribution in [0.25, 0.3) is 33.9 Å². The Hall–Kier alpha value is -4.00. The van der Waals surface area contributed by atoms with Gasteiger partial charge in [-0.2, -0.15) is 0 Å². The van der Waals surface area contributed by atoms with Crippen LogP contribution in [0.3, 0.4) is 0 Å². The molecule has 0 fully saturated rings. The zero-order valence-corrected chi connectivity index (χ0v) is 18.2. The molecule has 3 aromatic heterocycles. The molecule has 4 rings (SSSR count). The molecule has 2 N–H and O–H groups in total. The maximum Gasteiger partial charge on any atom is 0.312 e. The first-order valence-electron chi connectivity index (χ1n) is 10.2. The van der Waals surface area contributed by atoms with Crippen molar-refractivity contribution < 1.29 is 14.6 Å². The molecule has 1 aromatic carbocycles. The standard InChI is InChI=1S/C25H24N4O3/c1-16-20(5-4-12-26-16)22-14-28-23(29-22)18-8-11-21(27-13-18)17-6-9-19(10-7-17)32-15-25(2,3)24(30)31/h4-14H,15H2,1-3H3,(H,28,29)(H,30,31). The largest absolute Gasteiger partial charge is 0.492 e. The van der Waals surface area contributed by atoms with Crippen molar-refractivity contribution in [2.45, 2.75) is 20.8 Å². The SMILES string of the molecule is Cc1ncccc1-c1cnc(-c2ccc(-c3ccc(OCC(C)(C)C(=O)O)cc3)nc2)[nH]1. The predicted octanol–water partition coefficient (Wildman–Crippen LogP) is 5.00. The highest BCUT2D eigenvalue weighted by molar-refractivity contribution is 5.73. The van der Waals surface area contributed by atoms with Crippen LogP contribution in [-0.2, 0) is 4.79 Å². The molecule has 162 valence electrons. The van der Waals surface area contributed by atoms with Gasteiger partial charge in [-0.05, 0) is 69.3 Å². The van der Waals surface area contributed by atoms with E-state index in [9.17, 15) is 9.90 Å². The Morgan fingerprint density at radius 2 is 1.75 bits per heavy atom. The predicted molar refractivity (Wildman–Crippen MR) is 122 cm³/mol. The third kappa shape index (κ3) is 4.51. The van der Waals surface area contributed by atoms with Crippen molar-refractivity contribution in [2.75, 3.05) is 6.61 Å². The average Bonchev–Trinajstić information content (AvgIpc) is 3.28. The summed E-state index contributed by atoms with van der Waals surface area (Å²) in [6.45, 7) is 5.33. The molecule has 4 aromatic rings. The van der Waals surface area contributed by atoms with E-state index in [1.54, 1.807) is 32.4 Å². The summed E-state index contributed by atoms with van der Waals surface area (Å²) < 4.78 is 5.63. The molecule has 0 bridgehead atoms. The van der Waals surface area contributed by atoms with Gasteiger partial charge in [-0.15, -0.1) is 0 Å². The molecular weight excluding hydrogens is 404 g/mol. The molecule has 0 spiro atoms. The van der Waals surface area contributed by atoms with E-state index in [4.69, 9.17) is 4.74 Å². The maximum absolute atomic E-state index is 11.2. The average molecular weight is 428 g/mol. The summed E-state index contributed by atoms with van der Waals surface area (Å²) >= 11 is 0. The fraction of sp³-hybridized carbons (Fsp3) is 0.200. The van der Waals surface area contributed by atoms with E-state index in [-0.39, 0.29) is 6.61 Å². The van der Waals surface area contributed by atoms with Crippen molar-refractivity contribution >= 4 is 5.97 Å². The Morgan fingerprint density at radius 3 is 2.41 bits per heavy atom. The zero-order valence-electron chi connectivity index (χ0n) is 18.2. The maximum atomic E-state index is 11.2. The van der Waals surface area contributed by atoms with Gasteiger partial charge in [-0.25, -0.2) is 4.98 Å². The number of nitrogens with zero attached hydrogens (tertiary/aromatic N) is 3. The lowest BCUT2D eigenvalue weighted by Gasteiger charge is -2.19. The second-order valence-corrected chi connectivity index (χ2v) is 8.22. The second-order valence-electron chi connectivity index (χ2n) is 8.22. The number of aromatic amines is 1. The monoisotopic (exact) mass is 428 g/mol. The van der Waals surface area contributed by atoms with E-state index < -0.39 is 11.4 Å². The summed E-state index contributed by atoms with van der Waals surface area (Å²) in [5, 5.41) is 9.19. The van der Waals surface area contributed by atoms with E-state index >= 15 is 0 Å². The molecule has 0 aliphatic carbocycles. The highest BCUT2D eigenvalue weighted by Crippen LogP contribution is 2.26. The molecule has 0 atom stereocenters. The number of aryl methyl sites for hydroxylation is 1. The Kier molecular flexibility index (Phi) is 5.73. The summed E-state index contributed by atoms with van der Waals surface area (Å²) in [6.07, 6.45) is 5.36. The van der Waals surface area contributed by atoms with Crippen molar-refractivity contribution in [1.82, 2.24) is 19.9 Å². The summed E-state index contributed by atoms with van der Waals surface area (Å²) in [7, 11) is 0. The molecule has 32 heavy (non-hydrogen) atoms. The molecule has 0 unspecified atom stereocenters. The number of ether oxygens (including phenoxy) is 1. The first kappa shape index (κ1) is 21.2. The van der Waals surface area contributed by atoms with E-state index in [0.717, 1.165) is 39.6 Å². The number of imidazole rings is 1. The van der Waals surface area contributed by atoms with Gasteiger partial charge in [0.25, 0.3) is 0 Å². The lowest BCUT2D eigenvalue weighted by atomic mass is 9.95. The van der Waals surface area contributed by atoms with E-state index in [1.807, 2.05) is 55.5 Å². The van der Waals surface area contributed by atoms with Gasteiger partial charge >= 0.3 is 5.97 Å². The van der Waals surface area contributed by atoms with Crippen molar-refractivity contribution in [3.8, 4) is 39.7 Å². The van der Waals surface area contributed by atoms with Crippen LogP contribution in [-0.4, -0.2) is 37.6 Å². The lowest BCUT2D eigenvalue weighted by molar-refractivity contribution is -0.148. The van der Waals surface area contributed by atoms with Gasteiger partial charge in [0, 0.05) is 34.8 Å². The highest BCUT2D eigenvalue weighted by Gasteiger charge is 2.28. The van der Waals surface area contributed by atoms with Gasteiger partial charge in [0.05, 0.1) is 23.0 Å². The van der Waals surface area contributed by atoms with Gasteiger partial charge in [0.15, 0.2) is 0 Å². The molecule has 0 aliphatic heterocycles. The fourth-order valence-electron chi connectivity index (χ4n) is 3.13. The normalized spacial score (nSPS) is 11.3. The van der Waals surface area contributed by atoms with Crippen molar-refractivity contribution in [3.63, 3.8) is 0 Å². The quantitative estimate of drug-likeness (QED) is 0.430. The van der Waals surface area contributed by atoms with Crippen LogP contribution >= 0.6 is 0 Å². The number of aromatic nitrogens is 4. The fourth-order valence-corrected chi connectivity index (χ4v) is 3.13. The lowest BCUT2D eigenvalue weighted by Crippen LogP contribution is -2.30. The molecule has 0 amide bonds. The van der Waals surface area contributed by atoms with Crippen LogP contribution in [0.1, 0.15) is 19.5 Å². The molecule has 7 nitrogen and oxygen atoms in total. The van der Waals surface area contributed by atoms with Gasteiger partial charge in [0.2, 0.25) is 0 Å². The number of rotatable bonds is 7. The third-order valence-electron chi connectivity index (χ3n) is 5.24. The first-order valence-corrected chi connectivity index (χ1v) is 10.2. The van der Waals surface area contributed by atoms with Gasteiger partial charge < -0.3 is 14.8 Å². The first-order chi connectivity index (χ1) is 15.3. The third-order valence-corrected chi connectivity index (χ3v) is 5.24. The van der Waals surface area contributed by atoms with Crippen molar-refractivity contribution in [3.05, 3.63) is 72.8 Å². The Morgan fingerprint density at radius 1 is 1.00 bits per heavy atom. The molecule has 0 saturated heterocycles. The zero-order chi connectivity index (χ0) is 22.7. The molecule has 0 aliphatic rings. The van der Waals surface area contributed by atoms with Crippen LogP contribution in [0.2, 0.25) is 0 Å². The number of hydrogen-bond donors (Lipinski definition) is 2. The summed E-state index contributed by atoms with van der Waals surface area (Å²) in [5.41, 5.74) is 4.57. The number of H-pyrrole nitrogens is 1. The highest BCUT2D eigenvalue weighted by atomic mass is 16.5.